The number of likely N-dealkylation sites (tertiary alicyclic amines) is 1. The molecule has 1 aliphatic heterocycles. The van der Waals surface area contributed by atoms with Crippen LogP contribution >= 0.6 is 15.9 Å². The molecule has 1 fully saturated rings. The first-order valence-electron chi connectivity index (χ1n) is 6.33. The predicted octanol–water partition coefficient (Wildman–Crippen LogP) is 3.14. The Balaban J connectivity index is 2.13. The Hall–Kier alpha value is -0.970. The molecule has 1 amide bonds. The van der Waals surface area contributed by atoms with Gasteiger partial charge in [0.05, 0.1) is 6.42 Å². The first-order chi connectivity index (χ1) is 9.04. The van der Waals surface area contributed by atoms with Crippen molar-refractivity contribution in [3.8, 4) is 0 Å². The van der Waals surface area contributed by atoms with Crippen LogP contribution in [-0.4, -0.2) is 28.7 Å². The van der Waals surface area contributed by atoms with Crippen LogP contribution in [0.2, 0.25) is 0 Å². The molecule has 1 aromatic rings. The van der Waals surface area contributed by atoms with Crippen molar-refractivity contribution in [3.05, 3.63) is 35.4 Å². The quantitative estimate of drug-likeness (QED) is 0.779. The molecule has 5 heteroatoms. The summed E-state index contributed by atoms with van der Waals surface area (Å²) in [4.78, 5) is 13.9. The highest BCUT2D eigenvalue weighted by Crippen LogP contribution is 2.26. The summed E-state index contributed by atoms with van der Waals surface area (Å²) in [6.07, 6.45) is 0.719. The molecule has 0 radical (unpaired) electrons. The number of halogens is 3. The van der Waals surface area contributed by atoms with Crippen molar-refractivity contribution < 1.29 is 13.6 Å². The fourth-order valence-electron chi connectivity index (χ4n) is 2.51. The lowest BCUT2D eigenvalue weighted by atomic mass is 10.0. The Morgan fingerprint density at radius 1 is 1.42 bits per heavy atom. The SMILES string of the molecule is CC1CCN(C(=O)Cc2c(F)cccc2F)C1CBr. The summed E-state index contributed by atoms with van der Waals surface area (Å²) in [6, 6.07) is 3.78. The highest BCUT2D eigenvalue weighted by atomic mass is 79.9. The third kappa shape index (κ3) is 2.96. The maximum absolute atomic E-state index is 13.5. The van der Waals surface area contributed by atoms with Gasteiger partial charge in [0.1, 0.15) is 11.6 Å². The van der Waals surface area contributed by atoms with Gasteiger partial charge in [-0.3, -0.25) is 4.79 Å². The molecule has 19 heavy (non-hydrogen) atoms. The largest absolute Gasteiger partial charge is 0.338 e. The van der Waals surface area contributed by atoms with E-state index in [2.05, 4.69) is 22.9 Å². The predicted molar refractivity (Wildman–Crippen MR) is 73.1 cm³/mol. The Labute approximate surface area is 119 Å². The van der Waals surface area contributed by atoms with Gasteiger partial charge in [-0.25, -0.2) is 8.78 Å². The minimum atomic E-state index is -0.656. The molecule has 0 aliphatic carbocycles. The zero-order valence-electron chi connectivity index (χ0n) is 10.7. The average Bonchev–Trinajstić information content (AvgIpc) is 2.75. The lowest BCUT2D eigenvalue weighted by Gasteiger charge is -2.25. The number of nitrogens with zero attached hydrogens (tertiary/aromatic N) is 1. The number of benzene rings is 1. The van der Waals surface area contributed by atoms with E-state index >= 15 is 0 Å². The first kappa shape index (κ1) is 14.4. The summed E-state index contributed by atoms with van der Waals surface area (Å²) in [6.45, 7) is 2.75. The van der Waals surface area contributed by atoms with Crippen LogP contribution in [0.1, 0.15) is 18.9 Å². The standard InChI is InChI=1S/C14H16BrF2NO/c1-9-5-6-18(13(9)8-15)14(19)7-10-11(16)3-2-4-12(10)17/h2-4,9,13H,5-8H2,1H3. The van der Waals surface area contributed by atoms with E-state index in [9.17, 15) is 13.6 Å². The second kappa shape index (κ2) is 5.99. The lowest BCUT2D eigenvalue weighted by molar-refractivity contribution is -0.131. The number of hydrogen-bond acceptors (Lipinski definition) is 1. The van der Waals surface area contributed by atoms with Crippen LogP contribution in [0.15, 0.2) is 18.2 Å². The van der Waals surface area contributed by atoms with Gasteiger partial charge in [-0.15, -0.1) is 0 Å². The second-order valence-corrected chi connectivity index (χ2v) is 5.60. The molecule has 0 saturated carbocycles. The van der Waals surface area contributed by atoms with E-state index in [1.807, 2.05) is 0 Å². The van der Waals surface area contributed by atoms with Gasteiger partial charge in [-0.1, -0.05) is 28.9 Å². The monoisotopic (exact) mass is 331 g/mol. The van der Waals surface area contributed by atoms with Crippen LogP contribution in [0.25, 0.3) is 0 Å². The summed E-state index contributed by atoms with van der Waals surface area (Å²) in [5.74, 6) is -1.11. The molecule has 2 unspecified atom stereocenters. The second-order valence-electron chi connectivity index (χ2n) is 4.95. The summed E-state index contributed by atoms with van der Waals surface area (Å²) < 4.78 is 27.1. The molecular weight excluding hydrogens is 316 g/mol. The zero-order chi connectivity index (χ0) is 14.0. The van der Waals surface area contributed by atoms with Gasteiger partial charge in [0.15, 0.2) is 0 Å². The summed E-state index contributed by atoms with van der Waals surface area (Å²) in [5, 5.41) is 0.694. The van der Waals surface area contributed by atoms with Crippen molar-refractivity contribution in [1.82, 2.24) is 4.90 Å². The molecule has 1 heterocycles. The van der Waals surface area contributed by atoms with E-state index in [0.29, 0.717) is 17.8 Å². The van der Waals surface area contributed by atoms with Gasteiger partial charge in [0.25, 0.3) is 0 Å². The molecular formula is C14H16BrF2NO. The van der Waals surface area contributed by atoms with E-state index in [1.165, 1.54) is 18.2 Å². The Morgan fingerprint density at radius 3 is 2.63 bits per heavy atom. The molecule has 0 bridgehead atoms. The number of carbonyl (C=O) groups is 1. The van der Waals surface area contributed by atoms with Crippen molar-refractivity contribution in [1.29, 1.82) is 0 Å². The van der Waals surface area contributed by atoms with Crippen molar-refractivity contribution >= 4 is 21.8 Å². The van der Waals surface area contributed by atoms with E-state index in [0.717, 1.165) is 6.42 Å². The molecule has 104 valence electrons. The van der Waals surface area contributed by atoms with Gasteiger partial charge in [-0.05, 0) is 24.5 Å². The minimum Gasteiger partial charge on any atom is -0.338 e. The van der Waals surface area contributed by atoms with Crippen LogP contribution in [0.4, 0.5) is 8.78 Å². The molecule has 0 aromatic heterocycles. The van der Waals surface area contributed by atoms with Gasteiger partial charge < -0.3 is 4.90 Å². The number of alkyl halides is 1. The van der Waals surface area contributed by atoms with Crippen LogP contribution in [0.5, 0.6) is 0 Å². The van der Waals surface area contributed by atoms with E-state index in [4.69, 9.17) is 0 Å². The number of amides is 1. The number of rotatable bonds is 3. The molecule has 0 N–H and O–H groups in total. The maximum atomic E-state index is 13.5. The highest BCUT2D eigenvalue weighted by Gasteiger charge is 2.33. The van der Waals surface area contributed by atoms with E-state index < -0.39 is 11.6 Å². The third-order valence-electron chi connectivity index (χ3n) is 3.75. The summed E-state index contributed by atoms with van der Waals surface area (Å²) >= 11 is 3.40. The van der Waals surface area contributed by atoms with Crippen molar-refractivity contribution in [2.75, 3.05) is 11.9 Å². The molecule has 2 nitrogen and oxygen atoms in total. The summed E-state index contributed by atoms with van der Waals surface area (Å²) in [7, 11) is 0. The topological polar surface area (TPSA) is 20.3 Å². The van der Waals surface area contributed by atoms with Crippen molar-refractivity contribution in [3.63, 3.8) is 0 Å². The normalized spacial score (nSPS) is 22.8. The zero-order valence-corrected chi connectivity index (χ0v) is 12.3. The molecule has 2 atom stereocenters. The van der Waals surface area contributed by atoms with E-state index in [-0.39, 0.29) is 23.9 Å². The smallest absolute Gasteiger partial charge is 0.227 e. The highest BCUT2D eigenvalue weighted by molar-refractivity contribution is 9.09. The Morgan fingerprint density at radius 2 is 2.05 bits per heavy atom. The van der Waals surface area contributed by atoms with Crippen LogP contribution in [-0.2, 0) is 11.2 Å². The molecule has 1 aromatic carbocycles. The number of carbonyl (C=O) groups excluding carboxylic acids is 1. The fraction of sp³-hybridized carbons (Fsp3) is 0.500. The van der Waals surface area contributed by atoms with Crippen molar-refractivity contribution in [2.24, 2.45) is 5.92 Å². The third-order valence-corrected chi connectivity index (χ3v) is 4.41. The fourth-order valence-corrected chi connectivity index (χ4v) is 3.49. The molecule has 2 rings (SSSR count). The van der Waals surface area contributed by atoms with Crippen LogP contribution in [0.3, 0.4) is 0 Å². The summed E-state index contributed by atoms with van der Waals surface area (Å²) in [5.41, 5.74) is -0.139. The van der Waals surface area contributed by atoms with Crippen LogP contribution < -0.4 is 0 Å². The average molecular weight is 332 g/mol. The molecule has 0 spiro atoms. The molecule has 1 aliphatic rings. The van der Waals surface area contributed by atoms with E-state index in [1.54, 1.807) is 4.90 Å². The Kier molecular flexibility index (Phi) is 4.55. The van der Waals surface area contributed by atoms with Gasteiger partial charge in [-0.2, -0.15) is 0 Å². The number of hydrogen-bond donors (Lipinski definition) is 0. The maximum Gasteiger partial charge on any atom is 0.227 e. The van der Waals surface area contributed by atoms with Gasteiger partial charge in [0, 0.05) is 23.5 Å². The first-order valence-corrected chi connectivity index (χ1v) is 7.45. The Bertz CT molecular complexity index is 460. The van der Waals surface area contributed by atoms with Gasteiger partial charge >= 0.3 is 0 Å². The lowest BCUT2D eigenvalue weighted by Crippen LogP contribution is -2.39. The van der Waals surface area contributed by atoms with Crippen LogP contribution in [0, 0.1) is 17.6 Å². The van der Waals surface area contributed by atoms with Crippen molar-refractivity contribution in [2.45, 2.75) is 25.8 Å². The molecule has 1 saturated heterocycles. The minimum absolute atomic E-state index is 0.113. The van der Waals surface area contributed by atoms with Gasteiger partial charge in [0.2, 0.25) is 5.91 Å².